The maximum absolute atomic E-state index is 13.3. The second kappa shape index (κ2) is 12.1. The maximum atomic E-state index is 13.3. The summed E-state index contributed by atoms with van der Waals surface area (Å²) < 4.78 is 36.8. The van der Waals surface area contributed by atoms with Crippen LogP contribution in [0.5, 0.6) is 0 Å². The Morgan fingerprint density at radius 3 is 2.35 bits per heavy atom. The number of carbonyl (C=O) groups is 1. The van der Waals surface area contributed by atoms with E-state index in [0.717, 1.165) is 0 Å². The number of carbonyl (C=O) groups excluding carboxylic acids is 1. The summed E-state index contributed by atoms with van der Waals surface area (Å²) in [5.41, 5.74) is -0.696. The van der Waals surface area contributed by atoms with Crippen molar-refractivity contribution in [1.29, 1.82) is 0 Å². The molecule has 0 aliphatic carbocycles. The van der Waals surface area contributed by atoms with Crippen molar-refractivity contribution >= 4 is 13.7 Å². The Labute approximate surface area is 199 Å². The Kier molecular flexibility index (Phi) is 10.0. The summed E-state index contributed by atoms with van der Waals surface area (Å²) in [7, 11) is -3.79. The molecule has 34 heavy (non-hydrogen) atoms. The van der Waals surface area contributed by atoms with E-state index in [4.69, 9.17) is 18.5 Å². The lowest BCUT2D eigenvalue weighted by Crippen LogP contribution is -2.43. The third kappa shape index (κ3) is 7.74. The highest BCUT2D eigenvalue weighted by molar-refractivity contribution is 7.51. The smallest absolute Gasteiger partial charge is 0.406 e. The predicted molar refractivity (Wildman–Crippen MR) is 126 cm³/mol. The maximum Gasteiger partial charge on any atom is 0.406 e. The lowest BCUT2D eigenvalue weighted by atomic mass is 10.0. The summed E-state index contributed by atoms with van der Waals surface area (Å²) in [5.74, 6) is -0.838. The van der Waals surface area contributed by atoms with E-state index in [0.29, 0.717) is 12.0 Å². The van der Waals surface area contributed by atoms with Gasteiger partial charge in [-0.1, -0.05) is 26.3 Å². The van der Waals surface area contributed by atoms with Crippen LogP contribution in [0.25, 0.3) is 0 Å². The molecule has 4 atom stereocenters. The minimum atomic E-state index is -3.79. The number of H-pyrrole nitrogens is 1. The minimum Gasteiger partial charge on any atom is -0.461 e. The first-order valence-corrected chi connectivity index (χ1v) is 13.0. The SMILES string of the molecule is CC[C@H](C)[C@H](NP(=O)(OC(C)C)OC(C)C)C(=O)OC[C@@H]1C=C[C@H](n2cc(C)c(=O)[nH]c2=O)O1. The van der Waals surface area contributed by atoms with E-state index < -0.39 is 43.3 Å². The molecule has 0 radical (unpaired) electrons. The zero-order chi connectivity index (χ0) is 25.6. The molecule has 2 heterocycles. The van der Waals surface area contributed by atoms with Gasteiger partial charge < -0.3 is 9.47 Å². The molecule has 12 heteroatoms. The molecule has 1 aliphatic rings. The normalized spacial score (nSPS) is 20.1. The van der Waals surface area contributed by atoms with Crippen molar-refractivity contribution in [1.82, 2.24) is 14.6 Å². The average molecular weight is 502 g/mol. The first kappa shape index (κ1) is 28.2. The third-order valence-electron chi connectivity index (χ3n) is 5.08. The van der Waals surface area contributed by atoms with E-state index in [1.807, 2.05) is 13.8 Å². The van der Waals surface area contributed by atoms with Gasteiger partial charge in [-0.15, -0.1) is 0 Å². The van der Waals surface area contributed by atoms with Gasteiger partial charge in [-0.25, -0.2) is 14.4 Å². The molecule has 0 saturated heterocycles. The average Bonchev–Trinajstić information content (AvgIpc) is 3.20. The number of esters is 1. The second-order valence-corrected chi connectivity index (χ2v) is 10.5. The van der Waals surface area contributed by atoms with Gasteiger partial charge in [-0.05, 0) is 46.6 Å². The van der Waals surface area contributed by atoms with Crippen LogP contribution in [-0.2, 0) is 27.9 Å². The van der Waals surface area contributed by atoms with Gasteiger partial charge in [0.25, 0.3) is 5.56 Å². The van der Waals surface area contributed by atoms with Crippen LogP contribution in [-0.4, -0.2) is 46.5 Å². The van der Waals surface area contributed by atoms with E-state index in [1.54, 1.807) is 46.8 Å². The molecule has 2 rings (SSSR count). The summed E-state index contributed by atoms with van der Waals surface area (Å²) in [6.45, 7) is 12.1. The van der Waals surface area contributed by atoms with Crippen LogP contribution in [0, 0.1) is 12.8 Å². The van der Waals surface area contributed by atoms with Crippen LogP contribution in [0.3, 0.4) is 0 Å². The van der Waals surface area contributed by atoms with Crippen molar-refractivity contribution in [2.24, 2.45) is 5.92 Å². The largest absolute Gasteiger partial charge is 0.461 e. The highest BCUT2D eigenvalue weighted by Crippen LogP contribution is 2.47. The van der Waals surface area contributed by atoms with Crippen LogP contribution in [0.2, 0.25) is 0 Å². The van der Waals surface area contributed by atoms with Crippen molar-refractivity contribution in [3.05, 3.63) is 44.8 Å². The van der Waals surface area contributed by atoms with E-state index in [1.165, 1.54) is 10.8 Å². The van der Waals surface area contributed by atoms with E-state index in [-0.39, 0.29) is 24.7 Å². The molecule has 192 valence electrons. The lowest BCUT2D eigenvalue weighted by Gasteiger charge is -2.29. The Balaban J connectivity index is 2.06. The number of hydrogen-bond acceptors (Lipinski definition) is 8. The zero-order valence-corrected chi connectivity index (χ0v) is 21.7. The van der Waals surface area contributed by atoms with Crippen LogP contribution >= 0.6 is 7.75 Å². The monoisotopic (exact) mass is 501 g/mol. The van der Waals surface area contributed by atoms with Gasteiger partial charge in [-0.3, -0.25) is 28.2 Å². The van der Waals surface area contributed by atoms with E-state index in [9.17, 15) is 18.9 Å². The fourth-order valence-corrected chi connectivity index (χ4v) is 5.21. The van der Waals surface area contributed by atoms with Crippen molar-refractivity contribution in [3.63, 3.8) is 0 Å². The third-order valence-corrected chi connectivity index (χ3v) is 7.07. The summed E-state index contributed by atoms with van der Waals surface area (Å²) in [6.07, 6.45) is 3.22. The van der Waals surface area contributed by atoms with Gasteiger partial charge in [0.15, 0.2) is 6.23 Å². The Hall–Kier alpha value is -2.04. The standard InChI is InChI=1S/C22H36N3O8P/c1-8-15(6)19(24-34(29,32-13(2)3)33-14(4)5)21(27)30-12-17-9-10-18(31-17)25-11-16(7)20(26)23-22(25)28/h9-11,13-15,17-19H,8,12H2,1-7H3,(H,24,29)(H,23,26,28)/t15-,17-,18+,19-/m0/s1. The number of aryl methyl sites for hydroxylation is 1. The number of ether oxygens (including phenoxy) is 2. The fraction of sp³-hybridized carbons (Fsp3) is 0.682. The molecule has 0 unspecified atom stereocenters. The Morgan fingerprint density at radius 2 is 1.79 bits per heavy atom. The first-order valence-electron chi connectivity index (χ1n) is 11.4. The lowest BCUT2D eigenvalue weighted by molar-refractivity contribution is -0.151. The fourth-order valence-electron chi connectivity index (χ4n) is 3.23. The zero-order valence-electron chi connectivity index (χ0n) is 20.8. The van der Waals surface area contributed by atoms with Crippen LogP contribution < -0.4 is 16.3 Å². The molecular formula is C22H36N3O8P. The molecule has 1 aromatic rings. The molecule has 11 nitrogen and oxygen atoms in total. The van der Waals surface area contributed by atoms with E-state index >= 15 is 0 Å². The summed E-state index contributed by atoms with van der Waals surface area (Å²) in [5, 5.41) is 2.77. The quantitative estimate of drug-likeness (QED) is 0.251. The summed E-state index contributed by atoms with van der Waals surface area (Å²) in [6, 6.07) is -0.931. The predicted octanol–water partition coefficient (Wildman–Crippen LogP) is 2.80. The minimum absolute atomic E-state index is 0.113. The number of rotatable bonds is 12. The summed E-state index contributed by atoms with van der Waals surface area (Å²) in [4.78, 5) is 38.8. The molecule has 0 spiro atoms. The number of nitrogens with one attached hydrogen (secondary N) is 2. The number of nitrogens with zero attached hydrogens (tertiary/aromatic N) is 1. The van der Waals surface area contributed by atoms with Crippen LogP contribution in [0.4, 0.5) is 0 Å². The van der Waals surface area contributed by atoms with Gasteiger partial charge in [0, 0.05) is 11.8 Å². The van der Waals surface area contributed by atoms with Crippen molar-refractivity contribution in [2.45, 2.75) is 85.5 Å². The van der Waals surface area contributed by atoms with Gasteiger partial charge in [0.1, 0.15) is 18.8 Å². The molecule has 0 fully saturated rings. The van der Waals surface area contributed by atoms with Crippen LogP contribution in [0.15, 0.2) is 27.9 Å². The molecule has 0 saturated carbocycles. The van der Waals surface area contributed by atoms with Crippen molar-refractivity contribution in [3.8, 4) is 0 Å². The molecule has 0 bridgehead atoms. The number of hydrogen-bond donors (Lipinski definition) is 2. The molecule has 0 amide bonds. The van der Waals surface area contributed by atoms with Gasteiger partial charge >= 0.3 is 19.4 Å². The van der Waals surface area contributed by atoms with E-state index in [2.05, 4.69) is 10.1 Å². The number of aromatic nitrogens is 2. The van der Waals surface area contributed by atoms with Crippen molar-refractivity contribution in [2.75, 3.05) is 6.61 Å². The van der Waals surface area contributed by atoms with Crippen LogP contribution in [0.1, 0.15) is 59.8 Å². The van der Waals surface area contributed by atoms with Crippen molar-refractivity contribution < 1.29 is 27.9 Å². The molecule has 1 aliphatic heterocycles. The first-order chi connectivity index (χ1) is 15.8. The Morgan fingerprint density at radius 1 is 1.18 bits per heavy atom. The molecular weight excluding hydrogens is 465 g/mol. The second-order valence-electron chi connectivity index (χ2n) is 8.86. The summed E-state index contributed by atoms with van der Waals surface area (Å²) >= 11 is 0. The topological polar surface area (TPSA) is 138 Å². The van der Waals surface area contributed by atoms with Gasteiger partial charge in [-0.2, -0.15) is 0 Å². The van der Waals surface area contributed by atoms with Gasteiger partial charge in [0.05, 0.1) is 12.2 Å². The highest BCUT2D eigenvalue weighted by Gasteiger charge is 2.37. The Bertz CT molecular complexity index is 1020. The molecule has 0 aromatic carbocycles. The van der Waals surface area contributed by atoms with Gasteiger partial charge in [0.2, 0.25) is 0 Å². The number of aromatic amines is 1. The molecule has 2 N–H and O–H groups in total. The highest BCUT2D eigenvalue weighted by atomic mass is 31.2. The molecule has 1 aromatic heterocycles.